The molecule has 0 unspecified atom stereocenters. The van der Waals surface area contributed by atoms with Crippen molar-refractivity contribution in [2.45, 2.75) is 6.92 Å². The average molecular weight is 312 g/mol. The molecular weight excluding hydrogens is 292 g/mol. The normalized spacial score (nSPS) is 10.6. The Bertz CT molecular complexity index is 732. The van der Waals surface area contributed by atoms with Crippen LogP contribution in [0.15, 0.2) is 30.3 Å². The van der Waals surface area contributed by atoms with Gasteiger partial charge in [0.2, 0.25) is 0 Å². The van der Waals surface area contributed by atoms with E-state index in [-0.39, 0.29) is 0 Å². The van der Waals surface area contributed by atoms with Crippen LogP contribution in [0.1, 0.15) is 27.0 Å². The van der Waals surface area contributed by atoms with Crippen molar-refractivity contribution < 1.29 is 19.0 Å². The van der Waals surface area contributed by atoms with Crippen LogP contribution >= 0.6 is 0 Å². The van der Waals surface area contributed by atoms with Gasteiger partial charge in [-0.3, -0.25) is 4.79 Å². The molecular formula is C19H20O4. The van der Waals surface area contributed by atoms with Gasteiger partial charge in [0.05, 0.1) is 26.9 Å². The molecule has 2 aromatic rings. The first kappa shape index (κ1) is 16.6. The highest BCUT2D eigenvalue weighted by Gasteiger charge is 2.10. The van der Waals surface area contributed by atoms with Crippen LogP contribution in [0.5, 0.6) is 17.2 Å². The van der Waals surface area contributed by atoms with Gasteiger partial charge in [0, 0.05) is 0 Å². The van der Waals surface area contributed by atoms with Crippen LogP contribution in [0, 0.1) is 6.92 Å². The second-order valence-corrected chi connectivity index (χ2v) is 5.03. The lowest BCUT2D eigenvalue weighted by atomic mass is 10.1. The molecule has 0 N–H and O–H groups in total. The van der Waals surface area contributed by atoms with E-state index in [0.717, 1.165) is 28.7 Å². The highest BCUT2D eigenvalue weighted by atomic mass is 16.5. The van der Waals surface area contributed by atoms with Gasteiger partial charge in [0.1, 0.15) is 5.75 Å². The van der Waals surface area contributed by atoms with Gasteiger partial charge in [0.15, 0.2) is 17.8 Å². The van der Waals surface area contributed by atoms with Crippen molar-refractivity contribution in [3.05, 3.63) is 52.6 Å². The molecule has 0 amide bonds. The Morgan fingerprint density at radius 2 is 1.52 bits per heavy atom. The second-order valence-electron chi connectivity index (χ2n) is 5.03. The zero-order valence-corrected chi connectivity index (χ0v) is 13.8. The van der Waals surface area contributed by atoms with Crippen molar-refractivity contribution in [3.63, 3.8) is 0 Å². The van der Waals surface area contributed by atoms with E-state index in [0.29, 0.717) is 17.1 Å². The smallest absolute Gasteiger partial charge is 0.171 e. The predicted octanol–water partition coefficient (Wildman–Crippen LogP) is 4.00. The Balaban J connectivity index is 2.35. The predicted molar refractivity (Wildman–Crippen MR) is 91.6 cm³/mol. The molecule has 0 spiro atoms. The molecule has 0 aliphatic rings. The Morgan fingerprint density at radius 3 is 2.09 bits per heavy atom. The van der Waals surface area contributed by atoms with Gasteiger partial charge in [0.25, 0.3) is 0 Å². The number of benzene rings is 2. The summed E-state index contributed by atoms with van der Waals surface area (Å²) in [5.74, 6) is 1.83. The standard InChI is InChI=1S/C19H20O4/c1-13-9-14(7-8-17(13)21-2)5-6-15-10-16(12-20)19(23-4)18(11-15)22-3/h5-12H,1-4H3/b6-5-. The highest BCUT2D eigenvalue weighted by Crippen LogP contribution is 2.32. The lowest BCUT2D eigenvalue weighted by Crippen LogP contribution is -1.96. The molecule has 0 fully saturated rings. The van der Waals surface area contributed by atoms with E-state index in [1.165, 1.54) is 7.11 Å². The van der Waals surface area contributed by atoms with Crippen molar-refractivity contribution in [2.24, 2.45) is 0 Å². The van der Waals surface area contributed by atoms with E-state index < -0.39 is 0 Å². The summed E-state index contributed by atoms with van der Waals surface area (Å²) in [6, 6.07) is 9.54. The van der Waals surface area contributed by atoms with Crippen molar-refractivity contribution in [3.8, 4) is 17.2 Å². The summed E-state index contributed by atoms with van der Waals surface area (Å²) in [6.45, 7) is 2.00. The number of carbonyl (C=O) groups is 1. The Morgan fingerprint density at radius 1 is 0.826 bits per heavy atom. The Kier molecular flexibility index (Phi) is 5.41. The molecule has 0 aliphatic carbocycles. The molecule has 2 rings (SSSR count). The van der Waals surface area contributed by atoms with Crippen LogP contribution < -0.4 is 14.2 Å². The van der Waals surface area contributed by atoms with Crippen LogP contribution in [-0.4, -0.2) is 27.6 Å². The summed E-state index contributed by atoms with van der Waals surface area (Å²) in [4.78, 5) is 11.2. The van der Waals surface area contributed by atoms with E-state index in [9.17, 15) is 4.79 Å². The highest BCUT2D eigenvalue weighted by molar-refractivity contribution is 5.84. The Labute approximate surface area is 136 Å². The van der Waals surface area contributed by atoms with E-state index in [2.05, 4.69) is 0 Å². The first-order chi connectivity index (χ1) is 11.1. The maximum absolute atomic E-state index is 11.2. The number of hydrogen-bond donors (Lipinski definition) is 0. The molecule has 0 aliphatic heterocycles. The largest absolute Gasteiger partial charge is 0.496 e. The molecule has 4 heteroatoms. The molecule has 0 saturated carbocycles. The lowest BCUT2D eigenvalue weighted by Gasteiger charge is -2.10. The fourth-order valence-corrected chi connectivity index (χ4v) is 2.40. The van der Waals surface area contributed by atoms with Crippen molar-refractivity contribution in [2.75, 3.05) is 21.3 Å². The minimum Gasteiger partial charge on any atom is -0.496 e. The van der Waals surface area contributed by atoms with Gasteiger partial charge in [-0.2, -0.15) is 0 Å². The molecule has 0 aromatic heterocycles. The molecule has 0 radical (unpaired) electrons. The van der Waals surface area contributed by atoms with Gasteiger partial charge in [-0.25, -0.2) is 0 Å². The van der Waals surface area contributed by atoms with E-state index in [4.69, 9.17) is 14.2 Å². The summed E-state index contributed by atoms with van der Waals surface area (Å²) in [7, 11) is 4.72. The van der Waals surface area contributed by atoms with Crippen LogP contribution in [0.3, 0.4) is 0 Å². The summed E-state index contributed by atoms with van der Waals surface area (Å²) >= 11 is 0. The molecule has 120 valence electrons. The molecule has 23 heavy (non-hydrogen) atoms. The van der Waals surface area contributed by atoms with Crippen LogP contribution in [0.2, 0.25) is 0 Å². The maximum Gasteiger partial charge on any atom is 0.171 e. The minimum absolute atomic E-state index is 0.444. The first-order valence-corrected chi connectivity index (χ1v) is 7.16. The van der Waals surface area contributed by atoms with E-state index in [1.54, 1.807) is 20.3 Å². The quantitative estimate of drug-likeness (QED) is 0.597. The number of aldehydes is 1. The summed E-state index contributed by atoms with van der Waals surface area (Å²) < 4.78 is 15.8. The number of aryl methyl sites for hydroxylation is 1. The first-order valence-electron chi connectivity index (χ1n) is 7.16. The third-order valence-electron chi connectivity index (χ3n) is 3.54. The fraction of sp³-hybridized carbons (Fsp3) is 0.211. The molecule has 2 aromatic carbocycles. The minimum atomic E-state index is 0.444. The van der Waals surface area contributed by atoms with Crippen molar-refractivity contribution in [1.82, 2.24) is 0 Å². The zero-order valence-electron chi connectivity index (χ0n) is 13.8. The number of carbonyl (C=O) groups excluding carboxylic acids is 1. The third-order valence-corrected chi connectivity index (χ3v) is 3.54. The number of ether oxygens (including phenoxy) is 3. The topological polar surface area (TPSA) is 44.8 Å². The second kappa shape index (κ2) is 7.49. The van der Waals surface area contributed by atoms with Crippen molar-refractivity contribution >= 4 is 18.4 Å². The van der Waals surface area contributed by atoms with Crippen LogP contribution in [0.4, 0.5) is 0 Å². The molecule has 0 bridgehead atoms. The van der Waals surface area contributed by atoms with Crippen LogP contribution in [-0.2, 0) is 0 Å². The maximum atomic E-state index is 11.2. The van der Waals surface area contributed by atoms with E-state index in [1.807, 2.05) is 43.3 Å². The van der Waals surface area contributed by atoms with Crippen LogP contribution in [0.25, 0.3) is 12.2 Å². The lowest BCUT2D eigenvalue weighted by molar-refractivity contribution is 0.112. The fourth-order valence-electron chi connectivity index (χ4n) is 2.40. The SMILES string of the molecule is COc1ccc(/C=C\c2cc(C=O)c(OC)c(OC)c2)cc1C. The molecule has 0 heterocycles. The summed E-state index contributed by atoms with van der Waals surface area (Å²) in [5, 5.41) is 0. The van der Waals surface area contributed by atoms with Gasteiger partial charge in [-0.05, 0) is 47.9 Å². The number of rotatable bonds is 6. The zero-order chi connectivity index (χ0) is 16.8. The number of hydrogen-bond acceptors (Lipinski definition) is 4. The average Bonchev–Trinajstić information content (AvgIpc) is 2.58. The van der Waals surface area contributed by atoms with Gasteiger partial charge < -0.3 is 14.2 Å². The van der Waals surface area contributed by atoms with Crippen molar-refractivity contribution in [1.29, 1.82) is 0 Å². The van der Waals surface area contributed by atoms with Gasteiger partial charge in [-0.15, -0.1) is 0 Å². The molecule has 0 saturated heterocycles. The summed E-state index contributed by atoms with van der Waals surface area (Å²) in [6.07, 6.45) is 4.66. The molecule has 4 nitrogen and oxygen atoms in total. The van der Waals surface area contributed by atoms with E-state index >= 15 is 0 Å². The number of methoxy groups -OCH3 is 3. The third kappa shape index (κ3) is 3.72. The van der Waals surface area contributed by atoms with Gasteiger partial charge >= 0.3 is 0 Å². The summed E-state index contributed by atoms with van der Waals surface area (Å²) in [5.41, 5.74) is 3.43. The van der Waals surface area contributed by atoms with Gasteiger partial charge in [-0.1, -0.05) is 18.2 Å². The Hall–Kier alpha value is -2.75. The monoisotopic (exact) mass is 312 g/mol. The molecule has 0 atom stereocenters.